The zero-order valence-corrected chi connectivity index (χ0v) is 32.9. The van der Waals surface area contributed by atoms with Crippen molar-refractivity contribution in [2.24, 2.45) is 50.2 Å². The highest BCUT2D eigenvalue weighted by atomic mass is 16.7. The number of aliphatic hydroxyl groups excluding tert-OH is 8. The third-order valence-corrected chi connectivity index (χ3v) is 17.0. The third kappa shape index (κ3) is 5.92. The van der Waals surface area contributed by atoms with Crippen molar-refractivity contribution in [3.8, 4) is 0 Å². The molecule has 7 rings (SSSR count). The molecule has 54 heavy (non-hydrogen) atoms. The fourth-order valence-electron chi connectivity index (χ4n) is 13.3. The maximum absolute atomic E-state index is 14.5. The Morgan fingerprint density at radius 3 is 2.17 bits per heavy atom. The first-order valence-corrected chi connectivity index (χ1v) is 20.4. The van der Waals surface area contributed by atoms with Crippen molar-refractivity contribution < 1.29 is 64.6 Å². The van der Waals surface area contributed by atoms with Gasteiger partial charge >= 0.3 is 5.97 Å². The van der Waals surface area contributed by atoms with E-state index in [0.717, 1.165) is 44.9 Å². The summed E-state index contributed by atoms with van der Waals surface area (Å²) in [5.74, 6) is -0.193. The van der Waals surface area contributed by atoms with Crippen LogP contribution in [0.15, 0.2) is 11.6 Å². The van der Waals surface area contributed by atoms with Crippen molar-refractivity contribution in [3.63, 3.8) is 0 Å². The van der Waals surface area contributed by atoms with Crippen LogP contribution in [0.5, 0.6) is 0 Å². The summed E-state index contributed by atoms with van der Waals surface area (Å²) in [6.07, 6.45) is -2.97. The van der Waals surface area contributed by atoms with Gasteiger partial charge in [0.2, 0.25) is 6.29 Å². The quantitative estimate of drug-likeness (QED) is 0.110. The van der Waals surface area contributed by atoms with Gasteiger partial charge in [-0.15, -0.1) is 0 Å². The van der Waals surface area contributed by atoms with Gasteiger partial charge in [0.15, 0.2) is 6.29 Å². The zero-order chi connectivity index (χ0) is 39.4. The van der Waals surface area contributed by atoms with Gasteiger partial charge in [-0.25, -0.2) is 0 Å². The average Bonchev–Trinajstić information content (AvgIpc) is 3.13. The van der Waals surface area contributed by atoms with E-state index < -0.39 is 84.8 Å². The van der Waals surface area contributed by atoms with Crippen molar-refractivity contribution in [2.45, 2.75) is 167 Å². The largest absolute Gasteiger partial charge is 0.432 e. The lowest BCUT2D eigenvalue weighted by Gasteiger charge is -2.71. The van der Waals surface area contributed by atoms with E-state index in [1.54, 1.807) is 0 Å². The molecule has 0 bridgehead atoms. The van der Waals surface area contributed by atoms with E-state index in [1.807, 2.05) is 0 Å². The van der Waals surface area contributed by atoms with Crippen LogP contribution in [0.25, 0.3) is 0 Å². The van der Waals surface area contributed by atoms with Gasteiger partial charge in [0.05, 0.1) is 31.3 Å². The normalized spacial score (nSPS) is 54.3. The summed E-state index contributed by atoms with van der Waals surface area (Å²) in [7, 11) is 0. The summed E-state index contributed by atoms with van der Waals surface area (Å²) in [5.41, 5.74) is -0.724. The van der Waals surface area contributed by atoms with Crippen molar-refractivity contribution in [1.29, 1.82) is 0 Å². The third-order valence-electron chi connectivity index (χ3n) is 17.0. The van der Waals surface area contributed by atoms with Gasteiger partial charge in [0, 0.05) is 5.41 Å². The molecule has 8 N–H and O–H groups in total. The number of fused-ring (bicyclic) bond motifs is 7. The second-order valence-electron chi connectivity index (χ2n) is 20.1. The second-order valence-corrected chi connectivity index (χ2v) is 20.1. The lowest BCUT2D eigenvalue weighted by Crippen LogP contribution is -2.67. The maximum atomic E-state index is 14.5. The molecule has 2 aliphatic heterocycles. The number of ether oxygens (including phenoxy) is 4. The molecule has 4 saturated carbocycles. The number of rotatable bonds is 6. The molecule has 0 aromatic rings. The van der Waals surface area contributed by atoms with Crippen LogP contribution >= 0.6 is 0 Å². The molecule has 0 unspecified atom stereocenters. The van der Waals surface area contributed by atoms with Gasteiger partial charge < -0.3 is 59.8 Å². The van der Waals surface area contributed by atoms with Crippen LogP contribution in [0.2, 0.25) is 0 Å². The predicted octanol–water partition coefficient (Wildman–Crippen LogP) is 1.93. The van der Waals surface area contributed by atoms with Gasteiger partial charge in [0.25, 0.3) is 0 Å². The van der Waals surface area contributed by atoms with Crippen LogP contribution in [-0.2, 0) is 23.7 Å². The molecule has 13 nitrogen and oxygen atoms in total. The van der Waals surface area contributed by atoms with Gasteiger partial charge in [-0.05, 0) is 104 Å². The topological polar surface area (TPSA) is 216 Å². The van der Waals surface area contributed by atoms with Crippen LogP contribution in [0, 0.1) is 50.2 Å². The van der Waals surface area contributed by atoms with E-state index in [-0.39, 0.29) is 52.6 Å². The molecule has 13 heteroatoms. The molecule has 0 aromatic heterocycles. The number of hydrogen-bond donors (Lipinski definition) is 8. The summed E-state index contributed by atoms with van der Waals surface area (Å²) in [4.78, 5) is 14.5. The van der Waals surface area contributed by atoms with Crippen LogP contribution in [-0.4, -0.2) is 128 Å². The first-order chi connectivity index (χ1) is 25.2. The van der Waals surface area contributed by atoms with Gasteiger partial charge in [0.1, 0.15) is 42.7 Å². The Labute approximate surface area is 319 Å². The monoisotopic (exact) mass is 766 g/mol. The summed E-state index contributed by atoms with van der Waals surface area (Å²) in [5, 5.41) is 83.4. The molecule has 0 amide bonds. The smallest absolute Gasteiger partial charge is 0.315 e. The first kappa shape index (κ1) is 40.9. The van der Waals surface area contributed by atoms with Gasteiger partial charge in [-0.2, -0.15) is 0 Å². The van der Waals surface area contributed by atoms with Crippen LogP contribution in [0.1, 0.15) is 106 Å². The molecule has 18 atom stereocenters. The minimum Gasteiger partial charge on any atom is -0.432 e. The molecule has 308 valence electrons. The highest BCUT2D eigenvalue weighted by Crippen LogP contribution is 2.76. The Balaban J connectivity index is 1.17. The van der Waals surface area contributed by atoms with E-state index in [4.69, 9.17) is 18.9 Å². The number of esters is 1. The van der Waals surface area contributed by atoms with E-state index in [1.165, 1.54) is 5.57 Å². The Hall–Kier alpha value is -1.23. The highest BCUT2D eigenvalue weighted by molar-refractivity contribution is 5.79. The summed E-state index contributed by atoms with van der Waals surface area (Å²) in [6, 6.07) is 0. The summed E-state index contributed by atoms with van der Waals surface area (Å²) >= 11 is 0. The van der Waals surface area contributed by atoms with E-state index in [2.05, 4.69) is 47.6 Å². The van der Waals surface area contributed by atoms with Crippen LogP contribution in [0.4, 0.5) is 0 Å². The molecule has 7 aliphatic rings. The molecule has 0 aromatic carbocycles. The van der Waals surface area contributed by atoms with Crippen LogP contribution < -0.4 is 0 Å². The predicted molar refractivity (Wildman–Crippen MR) is 193 cm³/mol. The Kier molecular flexibility index (Phi) is 10.6. The van der Waals surface area contributed by atoms with Crippen molar-refractivity contribution in [1.82, 2.24) is 0 Å². The number of carbonyl (C=O) groups excluding carboxylic acids is 1. The van der Waals surface area contributed by atoms with Gasteiger partial charge in [-0.3, -0.25) is 4.79 Å². The maximum Gasteiger partial charge on any atom is 0.315 e. The van der Waals surface area contributed by atoms with Crippen molar-refractivity contribution in [3.05, 3.63) is 11.6 Å². The number of carbonyl (C=O) groups is 1. The van der Waals surface area contributed by atoms with Crippen molar-refractivity contribution >= 4 is 5.97 Å². The van der Waals surface area contributed by atoms with E-state index in [0.29, 0.717) is 19.3 Å². The molecule has 0 radical (unpaired) electrons. The van der Waals surface area contributed by atoms with Crippen LogP contribution in [0.3, 0.4) is 0 Å². The molecule has 5 aliphatic carbocycles. The highest BCUT2D eigenvalue weighted by Gasteiger charge is 2.70. The van der Waals surface area contributed by atoms with E-state index in [9.17, 15) is 45.6 Å². The molecule has 6 fully saturated rings. The molecule has 2 heterocycles. The first-order valence-electron chi connectivity index (χ1n) is 20.4. The zero-order valence-electron chi connectivity index (χ0n) is 32.9. The molecular formula is C41H66O13. The Bertz CT molecular complexity index is 1450. The molecular weight excluding hydrogens is 700 g/mol. The Morgan fingerprint density at radius 1 is 0.796 bits per heavy atom. The Morgan fingerprint density at radius 2 is 1.48 bits per heavy atom. The van der Waals surface area contributed by atoms with Crippen molar-refractivity contribution in [2.75, 3.05) is 19.8 Å². The lowest BCUT2D eigenvalue weighted by atomic mass is 9.33. The summed E-state index contributed by atoms with van der Waals surface area (Å²) in [6.45, 7) is 12.9. The minimum absolute atomic E-state index is 0.0247. The lowest BCUT2D eigenvalue weighted by molar-refractivity contribution is -0.312. The van der Waals surface area contributed by atoms with Gasteiger partial charge in [-0.1, -0.05) is 53.2 Å². The number of aliphatic hydroxyl groups is 8. The SMILES string of the molecule is CC1(C)CC[C@]2(C(=O)O[C@@H]3O[C@H](CO)[C@@H](O)[C@H](O)[C@H]3O)CC[C@]3(C)C(=CC[C@@H]4[C@@]5(C)CC[C@H](O[C@@H]6OC[C@@H](O)[C@H](O)[C@H]6O)[C@@](C)(CO)[C@@H]5CC[C@]43C)[C@@H]2C1. The summed E-state index contributed by atoms with van der Waals surface area (Å²) < 4.78 is 23.7. The van der Waals surface area contributed by atoms with E-state index >= 15 is 0 Å². The molecule has 2 saturated heterocycles. The standard InChI is InChI=1S/C41H66O13/c1-36(2)13-15-41(35(50)54-34-32(49)30(47)29(46)24(18-42)52-34)16-14-39(5)21(22(41)17-36)7-8-26-37(3)11-10-27(53-33-31(48)28(45)23(44)19-51-33)38(4,20-43)25(37)9-12-40(26,39)6/h7,22-34,42-49H,8-20H2,1-6H3/t22-,23+,24+,25+,26+,27-,28-,29+,30-,31+,32+,33-,34-,37-,38-,39+,40+,41-/m0/s1. The number of hydrogen-bond acceptors (Lipinski definition) is 13. The fourth-order valence-corrected chi connectivity index (χ4v) is 13.3. The minimum atomic E-state index is -1.66. The second kappa shape index (κ2) is 14.0. The number of allylic oxidation sites excluding steroid dienone is 2. The fraction of sp³-hybridized carbons (Fsp3) is 0.927. The average molecular weight is 767 g/mol. The molecule has 0 spiro atoms.